The molecule has 3 heterocycles. The summed E-state index contributed by atoms with van der Waals surface area (Å²) in [5.74, 6) is -1.01. The average Bonchev–Trinajstić information content (AvgIpc) is 3.29. The Balaban J connectivity index is 2.15. The van der Waals surface area contributed by atoms with Gasteiger partial charge in [0.05, 0.1) is 23.0 Å². The summed E-state index contributed by atoms with van der Waals surface area (Å²) in [4.78, 5) is 24.1. The van der Waals surface area contributed by atoms with Crippen molar-refractivity contribution in [2.75, 3.05) is 0 Å². The van der Waals surface area contributed by atoms with Crippen molar-refractivity contribution in [3.8, 4) is 11.1 Å². The molecule has 3 aromatic heterocycles. The lowest BCUT2D eigenvalue weighted by atomic mass is 9.90. The molecule has 0 saturated carbocycles. The first kappa shape index (κ1) is 23.4. The van der Waals surface area contributed by atoms with Crippen LogP contribution in [0.3, 0.4) is 0 Å². The van der Waals surface area contributed by atoms with Crippen molar-refractivity contribution >= 4 is 38.6 Å². The number of benzene rings is 1. The number of aromatic nitrogens is 3. The molecule has 0 bridgehead atoms. The van der Waals surface area contributed by atoms with E-state index in [1.807, 2.05) is 51.4 Å². The Hall–Kier alpha value is -2.77. The number of thiophene rings is 1. The molecule has 0 aliphatic heterocycles. The van der Waals surface area contributed by atoms with Crippen LogP contribution in [0.2, 0.25) is 0 Å². The zero-order valence-corrected chi connectivity index (χ0v) is 21.1. The summed E-state index contributed by atoms with van der Waals surface area (Å²) < 4.78 is 8.11. The number of carbonyl (C=O) groups is 1. The highest BCUT2D eigenvalue weighted by atomic mass is 32.1. The monoisotopic (exact) mass is 465 g/mol. The van der Waals surface area contributed by atoms with Gasteiger partial charge in [-0.3, -0.25) is 0 Å². The third-order valence-corrected chi connectivity index (χ3v) is 7.17. The molecule has 7 heteroatoms. The second-order valence-corrected chi connectivity index (χ2v) is 10.5. The van der Waals surface area contributed by atoms with Crippen LogP contribution < -0.4 is 0 Å². The molecule has 0 saturated heterocycles. The van der Waals surface area contributed by atoms with Gasteiger partial charge in [-0.2, -0.15) is 0 Å². The summed E-state index contributed by atoms with van der Waals surface area (Å²) >= 11 is 1.70. The van der Waals surface area contributed by atoms with E-state index < -0.39 is 17.7 Å². The number of aryl methyl sites for hydroxylation is 4. The van der Waals surface area contributed by atoms with Crippen molar-refractivity contribution in [1.29, 1.82) is 0 Å². The first-order chi connectivity index (χ1) is 15.6. The number of hydrogen-bond acceptors (Lipinski definition) is 5. The summed E-state index contributed by atoms with van der Waals surface area (Å²) in [6.45, 7) is 11.8. The van der Waals surface area contributed by atoms with Gasteiger partial charge in [0.1, 0.15) is 4.83 Å². The lowest BCUT2D eigenvalue weighted by molar-refractivity contribution is -0.160. The van der Waals surface area contributed by atoms with Crippen LogP contribution in [0.1, 0.15) is 62.4 Å². The molecule has 0 spiro atoms. The molecule has 1 aromatic carbocycles. The average molecular weight is 466 g/mol. The largest absolute Gasteiger partial charge is 0.479 e. The van der Waals surface area contributed by atoms with E-state index in [0.29, 0.717) is 11.3 Å². The van der Waals surface area contributed by atoms with Crippen molar-refractivity contribution in [3.63, 3.8) is 0 Å². The molecule has 0 aliphatic carbocycles. The zero-order valence-electron chi connectivity index (χ0n) is 20.3. The second kappa shape index (κ2) is 8.54. The summed E-state index contributed by atoms with van der Waals surface area (Å²) in [5.41, 5.74) is 5.68. The van der Waals surface area contributed by atoms with E-state index in [0.717, 1.165) is 45.2 Å². The molecule has 1 atom stereocenters. The number of fused-ring (bicyclic) bond motifs is 2. The molecule has 6 nitrogen and oxygen atoms in total. The summed E-state index contributed by atoms with van der Waals surface area (Å²) in [6.07, 6.45) is 2.43. The first-order valence-corrected chi connectivity index (χ1v) is 12.1. The predicted molar refractivity (Wildman–Crippen MR) is 134 cm³/mol. The molecule has 0 fully saturated rings. The fourth-order valence-electron chi connectivity index (χ4n) is 4.51. The maximum atomic E-state index is 12.5. The molecule has 0 amide bonds. The van der Waals surface area contributed by atoms with Gasteiger partial charge in [0.15, 0.2) is 6.10 Å². The summed E-state index contributed by atoms with van der Waals surface area (Å²) in [6, 6.07) is 6.12. The van der Waals surface area contributed by atoms with E-state index in [2.05, 4.69) is 24.9 Å². The van der Waals surface area contributed by atoms with E-state index in [1.54, 1.807) is 17.7 Å². The van der Waals surface area contributed by atoms with Gasteiger partial charge in [0.25, 0.3) is 0 Å². The summed E-state index contributed by atoms with van der Waals surface area (Å²) in [5, 5.41) is 11.3. The smallest absolute Gasteiger partial charge is 0.337 e. The standard InChI is InChI=1S/C26H31N3O3S/c1-8-16-19(9-2)33-24-22(16)21(15-10-11-17-18(12-15)29(7)13-27-17)20(14(3)28-24)23(25(30)31)32-26(4,5)6/h10-13,23H,8-9H2,1-7H3,(H,30,31). The van der Waals surface area contributed by atoms with Crippen LogP contribution in [0, 0.1) is 6.92 Å². The molecule has 0 radical (unpaired) electrons. The molecular formula is C26H31N3O3S. The lowest BCUT2D eigenvalue weighted by Gasteiger charge is -2.28. The molecule has 1 N–H and O–H groups in total. The molecular weight excluding hydrogens is 434 g/mol. The van der Waals surface area contributed by atoms with Crippen LogP contribution >= 0.6 is 11.3 Å². The Morgan fingerprint density at radius 3 is 2.58 bits per heavy atom. The van der Waals surface area contributed by atoms with Crippen LogP contribution in [0.4, 0.5) is 0 Å². The van der Waals surface area contributed by atoms with E-state index in [9.17, 15) is 9.90 Å². The third-order valence-electron chi connectivity index (χ3n) is 5.90. The minimum Gasteiger partial charge on any atom is -0.479 e. The maximum absolute atomic E-state index is 12.5. The van der Waals surface area contributed by atoms with Crippen LogP contribution in [-0.4, -0.2) is 31.2 Å². The van der Waals surface area contributed by atoms with Crippen LogP contribution in [0.5, 0.6) is 0 Å². The van der Waals surface area contributed by atoms with Crippen LogP contribution in [0.15, 0.2) is 24.5 Å². The van der Waals surface area contributed by atoms with Gasteiger partial charge in [-0.05, 0) is 63.8 Å². The Morgan fingerprint density at radius 2 is 1.97 bits per heavy atom. The lowest BCUT2D eigenvalue weighted by Crippen LogP contribution is -2.28. The minimum absolute atomic E-state index is 0.626. The Bertz CT molecular complexity index is 1360. The van der Waals surface area contributed by atoms with Gasteiger partial charge in [0.2, 0.25) is 0 Å². The van der Waals surface area contributed by atoms with E-state index in [4.69, 9.17) is 9.72 Å². The van der Waals surface area contributed by atoms with E-state index in [-0.39, 0.29) is 0 Å². The highest BCUT2D eigenvalue weighted by Gasteiger charge is 2.33. The van der Waals surface area contributed by atoms with Crippen molar-refractivity contribution in [2.24, 2.45) is 7.05 Å². The second-order valence-electron chi connectivity index (χ2n) is 9.38. The van der Waals surface area contributed by atoms with Gasteiger partial charge in [-0.25, -0.2) is 14.8 Å². The van der Waals surface area contributed by atoms with E-state index >= 15 is 0 Å². The number of ether oxygens (including phenoxy) is 1. The molecule has 4 aromatic rings. The van der Waals surface area contributed by atoms with Crippen LogP contribution in [-0.2, 0) is 29.4 Å². The quantitative estimate of drug-likeness (QED) is 0.365. The predicted octanol–water partition coefficient (Wildman–Crippen LogP) is 6.22. The maximum Gasteiger partial charge on any atom is 0.337 e. The first-order valence-electron chi connectivity index (χ1n) is 11.3. The highest BCUT2D eigenvalue weighted by Crippen LogP contribution is 2.44. The number of hydrogen-bond donors (Lipinski definition) is 1. The van der Waals surface area contributed by atoms with Gasteiger partial charge < -0.3 is 14.4 Å². The van der Waals surface area contributed by atoms with Crippen molar-refractivity contribution in [3.05, 3.63) is 46.2 Å². The van der Waals surface area contributed by atoms with Crippen molar-refractivity contribution < 1.29 is 14.6 Å². The van der Waals surface area contributed by atoms with Gasteiger partial charge >= 0.3 is 5.97 Å². The number of carboxylic acids is 1. The Labute approximate surface area is 198 Å². The molecule has 0 aliphatic rings. The minimum atomic E-state index is -1.13. The number of rotatable bonds is 6. The number of pyridine rings is 1. The van der Waals surface area contributed by atoms with Gasteiger partial charge in [-0.1, -0.05) is 19.9 Å². The highest BCUT2D eigenvalue weighted by molar-refractivity contribution is 7.19. The molecule has 4 rings (SSSR count). The normalized spacial score (nSPS) is 13.2. The van der Waals surface area contributed by atoms with Gasteiger partial charge in [-0.15, -0.1) is 11.3 Å². The number of imidazole rings is 1. The Morgan fingerprint density at radius 1 is 1.24 bits per heavy atom. The van der Waals surface area contributed by atoms with Crippen molar-refractivity contribution in [1.82, 2.24) is 14.5 Å². The van der Waals surface area contributed by atoms with Gasteiger partial charge in [0, 0.05) is 34.1 Å². The zero-order chi connectivity index (χ0) is 24.1. The van der Waals surface area contributed by atoms with E-state index in [1.165, 1.54) is 10.4 Å². The molecule has 33 heavy (non-hydrogen) atoms. The Kier molecular flexibility index (Phi) is 6.05. The fourth-order valence-corrected chi connectivity index (χ4v) is 5.77. The third kappa shape index (κ3) is 4.15. The number of aliphatic carboxylic acids is 1. The summed E-state index contributed by atoms with van der Waals surface area (Å²) in [7, 11) is 1.97. The topological polar surface area (TPSA) is 77.2 Å². The molecule has 174 valence electrons. The number of nitrogens with zero attached hydrogens (tertiary/aromatic N) is 3. The fraction of sp³-hybridized carbons (Fsp3) is 0.423. The molecule has 1 unspecified atom stereocenters. The number of carboxylic acid groups (broad SMARTS) is 1. The SMILES string of the molecule is CCc1sc2nc(C)c(C(OC(C)(C)C)C(=O)O)c(-c3ccc4ncn(C)c4c3)c2c1CC. The van der Waals surface area contributed by atoms with Crippen molar-refractivity contribution in [2.45, 2.75) is 66.1 Å². The van der Waals surface area contributed by atoms with Crippen LogP contribution in [0.25, 0.3) is 32.4 Å².